The summed E-state index contributed by atoms with van der Waals surface area (Å²) in [4.78, 5) is 18.3. The van der Waals surface area contributed by atoms with Crippen molar-refractivity contribution in [3.8, 4) is 5.69 Å². The molecule has 2 aromatic rings. The minimum Gasteiger partial charge on any atom is -0.336 e. The second kappa shape index (κ2) is 3.45. The van der Waals surface area contributed by atoms with Crippen molar-refractivity contribution in [2.75, 3.05) is 7.05 Å². The Bertz CT molecular complexity index is 600. The third-order valence-corrected chi connectivity index (χ3v) is 3.13. The molecule has 1 aromatic heterocycles. The Morgan fingerprint density at radius 2 is 2.06 bits per heavy atom. The summed E-state index contributed by atoms with van der Waals surface area (Å²) in [5, 5.41) is 0. The number of nitrogens with zero attached hydrogens (tertiary/aromatic N) is 3. The number of aryl methyl sites for hydroxylation is 1. The first-order chi connectivity index (χ1) is 8.18. The smallest absolute Gasteiger partial charge is 0.256 e. The zero-order valence-corrected chi connectivity index (χ0v) is 9.84. The molecule has 4 nitrogen and oxygen atoms in total. The van der Waals surface area contributed by atoms with Gasteiger partial charge in [-0.05, 0) is 19.1 Å². The van der Waals surface area contributed by atoms with E-state index in [-0.39, 0.29) is 5.91 Å². The summed E-state index contributed by atoms with van der Waals surface area (Å²) < 4.78 is 2.05. The number of imidazole rings is 1. The molecular formula is C13H13N3O. The van der Waals surface area contributed by atoms with Gasteiger partial charge in [-0.25, -0.2) is 4.98 Å². The summed E-state index contributed by atoms with van der Waals surface area (Å²) in [5.74, 6) is 0.972. The van der Waals surface area contributed by atoms with Gasteiger partial charge in [-0.2, -0.15) is 0 Å². The zero-order valence-electron chi connectivity index (χ0n) is 9.84. The van der Waals surface area contributed by atoms with Crippen LogP contribution in [0.2, 0.25) is 0 Å². The van der Waals surface area contributed by atoms with Gasteiger partial charge in [0.2, 0.25) is 0 Å². The van der Waals surface area contributed by atoms with Gasteiger partial charge in [0.1, 0.15) is 5.82 Å². The molecule has 3 rings (SSSR count). The van der Waals surface area contributed by atoms with E-state index in [1.54, 1.807) is 4.90 Å². The fourth-order valence-corrected chi connectivity index (χ4v) is 2.30. The fourth-order valence-electron chi connectivity index (χ4n) is 2.30. The topological polar surface area (TPSA) is 38.1 Å². The Hall–Kier alpha value is -2.10. The number of rotatable bonds is 0. The molecule has 4 heteroatoms. The van der Waals surface area contributed by atoms with E-state index in [0.29, 0.717) is 6.54 Å². The van der Waals surface area contributed by atoms with Crippen molar-refractivity contribution in [3.63, 3.8) is 0 Å². The van der Waals surface area contributed by atoms with E-state index >= 15 is 0 Å². The van der Waals surface area contributed by atoms with Crippen molar-refractivity contribution in [2.45, 2.75) is 13.5 Å². The Morgan fingerprint density at radius 3 is 2.88 bits per heavy atom. The Labute approximate surface area is 99.5 Å². The highest BCUT2D eigenvalue weighted by Crippen LogP contribution is 2.24. The molecule has 0 N–H and O–H groups in total. The number of carbonyl (C=O) groups is 1. The Kier molecular flexibility index (Phi) is 2.04. The van der Waals surface area contributed by atoms with Crippen LogP contribution in [-0.4, -0.2) is 27.4 Å². The highest BCUT2D eigenvalue weighted by Gasteiger charge is 2.24. The van der Waals surface area contributed by atoms with Crippen LogP contribution in [0.3, 0.4) is 0 Å². The van der Waals surface area contributed by atoms with Crippen LogP contribution < -0.4 is 0 Å². The molecule has 86 valence electrons. The fraction of sp³-hybridized carbons (Fsp3) is 0.231. The SMILES string of the molecule is Cc1ncc2n1-c1ccccc1C(=O)N(C)C2. The first-order valence-electron chi connectivity index (χ1n) is 5.56. The van der Waals surface area contributed by atoms with Crippen LogP contribution in [0.4, 0.5) is 0 Å². The van der Waals surface area contributed by atoms with E-state index in [2.05, 4.69) is 9.55 Å². The molecule has 2 heterocycles. The van der Waals surface area contributed by atoms with E-state index in [4.69, 9.17) is 0 Å². The van der Waals surface area contributed by atoms with Crippen molar-refractivity contribution >= 4 is 5.91 Å². The van der Waals surface area contributed by atoms with Gasteiger partial charge < -0.3 is 4.90 Å². The normalized spacial score (nSPS) is 14.2. The average molecular weight is 227 g/mol. The van der Waals surface area contributed by atoms with Crippen molar-refractivity contribution in [1.29, 1.82) is 0 Å². The van der Waals surface area contributed by atoms with Gasteiger partial charge in [-0.3, -0.25) is 9.36 Å². The summed E-state index contributed by atoms with van der Waals surface area (Å²) >= 11 is 0. The number of aromatic nitrogens is 2. The lowest BCUT2D eigenvalue weighted by Crippen LogP contribution is -2.24. The van der Waals surface area contributed by atoms with E-state index in [9.17, 15) is 4.79 Å². The molecule has 0 saturated heterocycles. The summed E-state index contributed by atoms with van der Waals surface area (Å²) in [6.07, 6.45) is 1.83. The van der Waals surface area contributed by atoms with E-state index in [1.165, 1.54) is 0 Å². The van der Waals surface area contributed by atoms with Crippen molar-refractivity contribution < 1.29 is 4.79 Å². The predicted octanol–water partition coefficient (Wildman–Crippen LogP) is 1.77. The number of para-hydroxylation sites is 1. The van der Waals surface area contributed by atoms with Gasteiger partial charge in [-0.15, -0.1) is 0 Å². The van der Waals surface area contributed by atoms with Gasteiger partial charge in [0, 0.05) is 7.05 Å². The number of hydrogen-bond acceptors (Lipinski definition) is 2. The van der Waals surface area contributed by atoms with Gasteiger partial charge in [0.05, 0.1) is 29.7 Å². The summed E-state index contributed by atoms with van der Waals surface area (Å²) in [5.41, 5.74) is 2.70. The maximum atomic E-state index is 12.2. The molecular weight excluding hydrogens is 214 g/mol. The minimum atomic E-state index is 0.0590. The molecule has 0 atom stereocenters. The van der Waals surface area contributed by atoms with Gasteiger partial charge >= 0.3 is 0 Å². The minimum absolute atomic E-state index is 0.0590. The lowest BCUT2D eigenvalue weighted by Gasteiger charge is -2.13. The third-order valence-electron chi connectivity index (χ3n) is 3.13. The van der Waals surface area contributed by atoms with Crippen LogP contribution in [0.25, 0.3) is 5.69 Å². The van der Waals surface area contributed by atoms with Crippen LogP contribution in [0.1, 0.15) is 21.9 Å². The quantitative estimate of drug-likeness (QED) is 0.688. The molecule has 17 heavy (non-hydrogen) atoms. The molecule has 0 aliphatic carbocycles. The van der Waals surface area contributed by atoms with Crippen LogP contribution >= 0.6 is 0 Å². The molecule has 1 amide bonds. The standard InChI is InChI=1S/C13H13N3O/c1-9-14-7-10-8-15(2)13(17)11-5-3-4-6-12(11)16(9)10/h3-7H,8H2,1-2H3. The monoisotopic (exact) mass is 227 g/mol. The first-order valence-corrected chi connectivity index (χ1v) is 5.56. The van der Waals surface area contributed by atoms with Gasteiger partial charge in [0.25, 0.3) is 5.91 Å². The lowest BCUT2D eigenvalue weighted by molar-refractivity contribution is 0.0788. The Balaban J connectivity index is 2.35. The van der Waals surface area contributed by atoms with Crippen molar-refractivity contribution in [1.82, 2.24) is 14.5 Å². The molecule has 0 bridgehead atoms. The van der Waals surface area contributed by atoms with Crippen LogP contribution in [0, 0.1) is 6.92 Å². The molecule has 0 radical (unpaired) electrons. The number of benzene rings is 1. The highest BCUT2D eigenvalue weighted by molar-refractivity contribution is 5.98. The van der Waals surface area contributed by atoms with Crippen LogP contribution in [0.15, 0.2) is 30.5 Å². The first kappa shape index (κ1) is 10.1. The van der Waals surface area contributed by atoms with Gasteiger partial charge in [-0.1, -0.05) is 12.1 Å². The Morgan fingerprint density at radius 1 is 1.29 bits per heavy atom. The molecule has 0 unspecified atom stereocenters. The second-order valence-electron chi connectivity index (χ2n) is 4.31. The third kappa shape index (κ3) is 1.37. The number of hydrogen-bond donors (Lipinski definition) is 0. The second-order valence-corrected chi connectivity index (χ2v) is 4.31. The predicted molar refractivity (Wildman–Crippen MR) is 64.1 cm³/mol. The molecule has 0 saturated carbocycles. The molecule has 1 aliphatic heterocycles. The summed E-state index contributed by atoms with van der Waals surface area (Å²) in [6, 6.07) is 7.66. The van der Waals surface area contributed by atoms with Crippen LogP contribution in [-0.2, 0) is 6.54 Å². The lowest BCUT2D eigenvalue weighted by atomic mass is 10.1. The number of carbonyl (C=O) groups excluding carboxylic acids is 1. The molecule has 1 aliphatic rings. The van der Waals surface area contributed by atoms with Crippen molar-refractivity contribution in [3.05, 3.63) is 47.5 Å². The van der Waals surface area contributed by atoms with E-state index in [1.807, 2.05) is 44.4 Å². The molecule has 0 spiro atoms. The van der Waals surface area contributed by atoms with Gasteiger partial charge in [0.15, 0.2) is 0 Å². The van der Waals surface area contributed by atoms with Crippen LogP contribution in [0.5, 0.6) is 0 Å². The molecule has 0 fully saturated rings. The maximum Gasteiger partial charge on any atom is 0.256 e. The zero-order chi connectivity index (χ0) is 12.0. The number of fused-ring (bicyclic) bond motifs is 3. The molecule has 1 aromatic carbocycles. The summed E-state index contributed by atoms with van der Waals surface area (Å²) in [6.45, 7) is 2.55. The number of amides is 1. The van der Waals surface area contributed by atoms with E-state index < -0.39 is 0 Å². The summed E-state index contributed by atoms with van der Waals surface area (Å²) in [7, 11) is 1.82. The van der Waals surface area contributed by atoms with Crippen molar-refractivity contribution in [2.24, 2.45) is 0 Å². The average Bonchev–Trinajstić information content (AvgIpc) is 2.64. The highest BCUT2D eigenvalue weighted by atomic mass is 16.2. The largest absolute Gasteiger partial charge is 0.336 e. The van der Waals surface area contributed by atoms with E-state index in [0.717, 1.165) is 22.8 Å². The maximum absolute atomic E-state index is 12.2.